The summed E-state index contributed by atoms with van der Waals surface area (Å²) in [7, 11) is 0. The van der Waals surface area contributed by atoms with E-state index in [0.717, 1.165) is 18.3 Å². The highest BCUT2D eigenvalue weighted by molar-refractivity contribution is 5.66. The number of carbonyl (C=O) groups excluding carboxylic acids is 1. The first-order chi connectivity index (χ1) is 8.27. The van der Waals surface area contributed by atoms with Crippen LogP contribution in [0.5, 0.6) is 0 Å². The zero-order valence-electron chi connectivity index (χ0n) is 10.6. The van der Waals surface area contributed by atoms with E-state index in [9.17, 15) is 4.79 Å². The molecule has 0 aliphatic rings. The summed E-state index contributed by atoms with van der Waals surface area (Å²) in [6.45, 7) is 5.43. The zero-order valence-corrected chi connectivity index (χ0v) is 10.6. The number of benzene rings is 1. The van der Waals surface area contributed by atoms with Gasteiger partial charge in [-0.1, -0.05) is 49.8 Å². The van der Waals surface area contributed by atoms with Gasteiger partial charge in [-0.05, 0) is 18.1 Å². The highest BCUT2D eigenvalue weighted by atomic mass is 16.5. The number of hydrogen-bond acceptors (Lipinski definition) is 2. The van der Waals surface area contributed by atoms with Gasteiger partial charge in [0.25, 0.3) is 0 Å². The van der Waals surface area contributed by atoms with Crippen LogP contribution in [0.2, 0.25) is 0 Å². The lowest BCUT2D eigenvalue weighted by atomic mass is 9.99. The Bertz CT molecular complexity index is 354. The molecular weight excluding hydrogens is 212 g/mol. The molecule has 92 valence electrons. The van der Waals surface area contributed by atoms with E-state index < -0.39 is 0 Å². The number of allylic oxidation sites excluding steroid dienone is 1. The molecule has 1 atom stereocenters. The molecule has 0 aromatic heterocycles. The lowest BCUT2D eigenvalue weighted by Crippen LogP contribution is -2.08. The molecule has 0 saturated carbocycles. The van der Waals surface area contributed by atoms with Crippen LogP contribution in [0.15, 0.2) is 42.0 Å². The number of hydrogen-bond donors (Lipinski definition) is 0. The molecule has 0 heterocycles. The highest BCUT2D eigenvalue weighted by Crippen LogP contribution is 2.14. The summed E-state index contributed by atoms with van der Waals surface area (Å²) in [5.41, 5.74) is 2.32. The van der Waals surface area contributed by atoms with Gasteiger partial charge in [-0.15, -0.1) is 0 Å². The minimum absolute atomic E-state index is 0.300. The predicted octanol–water partition coefficient (Wildman–Crippen LogP) is 3.37. The third kappa shape index (κ3) is 4.96. The van der Waals surface area contributed by atoms with Crippen molar-refractivity contribution in [1.29, 1.82) is 0 Å². The predicted molar refractivity (Wildman–Crippen MR) is 69.7 cm³/mol. The fraction of sp³-hybridized carbons (Fsp3) is 0.400. The molecule has 17 heavy (non-hydrogen) atoms. The van der Waals surface area contributed by atoms with E-state index in [1.54, 1.807) is 6.08 Å². The Hall–Kier alpha value is -1.41. The second kappa shape index (κ2) is 7.80. The van der Waals surface area contributed by atoms with Crippen LogP contribution in [0.1, 0.15) is 25.8 Å². The molecule has 2 heteroatoms. The van der Waals surface area contributed by atoms with Gasteiger partial charge in [0, 0.05) is 5.92 Å². The summed E-state index contributed by atoms with van der Waals surface area (Å²) in [4.78, 5) is 10.5. The van der Waals surface area contributed by atoms with Crippen LogP contribution in [-0.2, 0) is 16.1 Å². The molecule has 2 nitrogen and oxygen atoms in total. The molecule has 0 aliphatic carbocycles. The molecule has 0 unspecified atom stereocenters. The second-order valence-electron chi connectivity index (χ2n) is 4.13. The standard InChI is InChI=1S/C15H20O2/c1-3-15(9-10-16)13(2)11-17-12-14-7-5-4-6-8-14/h4-10,13H,3,11-12H2,1-2H3/b15-9+/t13-/m1/s1. The van der Waals surface area contributed by atoms with Crippen molar-refractivity contribution >= 4 is 6.29 Å². The average molecular weight is 232 g/mol. The summed E-state index contributed by atoms with van der Waals surface area (Å²) in [6, 6.07) is 10.1. The normalized spacial score (nSPS) is 13.4. The molecule has 0 bridgehead atoms. The third-order valence-electron chi connectivity index (χ3n) is 2.80. The van der Waals surface area contributed by atoms with Crippen LogP contribution in [0.3, 0.4) is 0 Å². The van der Waals surface area contributed by atoms with Gasteiger partial charge < -0.3 is 4.74 Å². The number of carbonyl (C=O) groups is 1. The van der Waals surface area contributed by atoms with E-state index >= 15 is 0 Å². The summed E-state index contributed by atoms with van der Waals surface area (Å²) in [5.74, 6) is 0.300. The molecule has 0 spiro atoms. The van der Waals surface area contributed by atoms with Gasteiger partial charge in [0.2, 0.25) is 0 Å². The van der Waals surface area contributed by atoms with Gasteiger partial charge in [0.15, 0.2) is 0 Å². The smallest absolute Gasteiger partial charge is 0.142 e. The van der Waals surface area contributed by atoms with Gasteiger partial charge in [-0.3, -0.25) is 4.79 Å². The SMILES string of the molecule is CC/C(=C\C=O)[C@H](C)COCc1ccccc1. The van der Waals surface area contributed by atoms with Crippen LogP contribution in [0.25, 0.3) is 0 Å². The van der Waals surface area contributed by atoms with E-state index in [0.29, 0.717) is 19.1 Å². The first kappa shape index (κ1) is 13.7. The first-order valence-corrected chi connectivity index (χ1v) is 6.03. The molecule has 0 N–H and O–H groups in total. The second-order valence-corrected chi connectivity index (χ2v) is 4.13. The van der Waals surface area contributed by atoms with Crippen LogP contribution in [-0.4, -0.2) is 12.9 Å². The zero-order chi connectivity index (χ0) is 12.5. The van der Waals surface area contributed by atoms with Crippen molar-refractivity contribution in [3.63, 3.8) is 0 Å². The highest BCUT2D eigenvalue weighted by Gasteiger charge is 2.06. The van der Waals surface area contributed by atoms with E-state index in [4.69, 9.17) is 4.74 Å². The van der Waals surface area contributed by atoms with E-state index in [1.807, 2.05) is 30.3 Å². The van der Waals surface area contributed by atoms with E-state index in [-0.39, 0.29) is 0 Å². The lowest BCUT2D eigenvalue weighted by molar-refractivity contribution is -0.104. The Labute approximate surface area is 103 Å². The van der Waals surface area contributed by atoms with Crippen molar-refractivity contribution in [3.8, 4) is 0 Å². The lowest BCUT2D eigenvalue weighted by Gasteiger charge is -2.14. The Kier molecular flexibility index (Phi) is 6.26. The number of rotatable bonds is 7. The maximum atomic E-state index is 10.5. The molecule has 0 radical (unpaired) electrons. The topological polar surface area (TPSA) is 26.3 Å². The Morgan fingerprint density at radius 3 is 2.65 bits per heavy atom. The van der Waals surface area contributed by atoms with Crippen molar-refractivity contribution in [2.75, 3.05) is 6.61 Å². The Morgan fingerprint density at radius 1 is 1.35 bits per heavy atom. The molecule has 1 aromatic carbocycles. The summed E-state index contributed by atoms with van der Waals surface area (Å²) >= 11 is 0. The van der Waals surface area contributed by atoms with Crippen molar-refractivity contribution in [2.45, 2.75) is 26.9 Å². The maximum Gasteiger partial charge on any atom is 0.142 e. The number of ether oxygens (including phenoxy) is 1. The van der Waals surface area contributed by atoms with Crippen LogP contribution in [0.4, 0.5) is 0 Å². The first-order valence-electron chi connectivity index (χ1n) is 6.03. The van der Waals surface area contributed by atoms with Gasteiger partial charge in [0.05, 0.1) is 13.2 Å². The van der Waals surface area contributed by atoms with E-state index in [1.165, 1.54) is 5.56 Å². The van der Waals surface area contributed by atoms with Gasteiger partial charge in [0.1, 0.15) is 6.29 Å². The van der Waals surface area contributed by atoms with Crippen molar-refractivity contribution < 1.29 is 9.53 Å². The summed E-state index contributed by atoms with van der Waals surface area (Å²) in [5, 5.41) is 0. The molecule has 1 rings (SSSR count). The van der Waals surface area contributed by atoms with Crippen LogP contribution >= 0.6 is 0 Å². The number of aldehydes is 1. The van der Waals surface area contributed by atoms with Gasteiger partial charge in [-0.25, -0.2) is 0 Å². The third-order valence-corrected chi connectivity index (χ3v) is 2.80. The molecule has 0 amide bonds. The van der Waals surface area contributed by atoms with E-state index in [2.05, 4.69) is 13.8 Å². The largest absolute Gasteiger partial charge is 0.376 e. The molecule has 1 aromatic rings. The summed E-state index contributed by atoms with van der Waals surface area (Å²) < 4.78 is 5.65. The van der Waals surface area contributed by atoms with Crippen molar-refractivity contribution in [3.05, 3.63) is 47.5 Å². The average Bonchev–Trinajstić information content (AvgIpc) is 2.37. The quantitative estimate of drug-likeness (QED) is 0.532. The minimum atomic E-state index is 0.300. The molecule has 0 fully saturated rings. The van der Waals surface area contributed by atoms with Crippen LogP contribution in [0, 0.1) is 5.92 Å². The maximum absolute atomic E-state index is 10.5. The Balaban J connectivity index is 2.36. The minimum Gasteiger partial charge on any atom is -0.376 e. The Morgan fingerprint density at radius 2 is 2.06 bits per heavy atom. The molecule has 0 saturated heterocycles. The fourth-order valence-corrected chi connectivity index (χ4v) is 1.75. The fourth-order valence-electron chi connectivity index (χ4n) is 1.75. The monoisotopic (exact) mass is 232 g/mol. The molecule has 0 aliphatic heterocycles. The van der Waals surface area contributed by atoms with Gasteiger partial charge in [-0.2, -0.15) is 0 Å². The van der Waals surface area contributed by atoms with Gasteiger partial charge >= 0.3 is 0 Å². The van der Waals surface area contributed by atoms with Crippen molar-refractivity contribution in [2.24, 2.45) is 5.92 Å². The summed E-state index contributed by atoms with van der Waals surface area (Å²) in [6.07, 6.45) is 3.40. The van der Waals surface area contributed by atoms with Crippen LogP contribution < -0.4 is 0 Å². The molecular formula is C15H20O2. The van der Waals surface area contributed by atoms with Crippen molar-refractivity contribution in [1.82, 2.24) is 0 Å².